The number of benzene rings is 1. The summed E-state index contributed by atoms with van der Waals surface area (Å²) in [7, 11) is 1.86. The molecule has 0 saturated carbocycles. The molecule has 1 unspecified atom stereocenters. The van der Waals surface area contributed by atoms with Gasteiger partial charge < -0.3 is 14.5 Å². The lowest BCUT2D eigenvalue weighted by Crippen LogP contribution is -2.35. The van der Waals surface area contributed by atoms with Gasteiger partial charge in [-0.3, -0.25) is 4.79 Å². The fourth-order valence-corrected chi connectivity index (χ4v) is 3.33. The highest BCUT2D eigenvalue weighted by Gasteiger charge is 2.26. The van der Waals surface area contributed by atoms with Crippen molar-refractivity contribution in [1.29, 1.82) is 0 Å². The van der Waals surface area contributed by atoms with Gasteiger partial charge in [0, 0.05) is 39.0 Å². The maximum atomic E-state index is 12.3. The van der Waals surface area contributed by atoms with Gasteiger partial charge in [0.05, 0.1) is 0 Å². The Hall–Kier alpha value is -1.55. The van der Waals surface area contributed by atoms with E-state index in [4.69, 9.17) is 4.74 Å². The molecule has 120 valence electrons. The molecule has 1 aromatic carbocycles. The molecular formula is C18H26N2O2. The highest BCUT2D eigenvalue weighted by atomic mass is 16.5. The summed E-state index contributed by atoms with van der Waals surface area (Å²) in [5.41, 5.74) is 2.48. The van der Waals surface area contributed by atoms with Crippen LogP contribution in [0, 0.1) is 0 Å². The van der Waals surface area contributed by atoms with Crippen molar-refractivity contribution in [3.63, 3.8) is 0 Å². The van der Waals surface area contributed by atoms with Crippen LogP contribution in [-0.4, -0.2) is 43.7 Å². The van der Waals surface area contributed by atoms with E-state index in [2.05, 4.69) is 29.2 Å². The first kappa shape index (κ1) is 15.3. The van der Waals surface area contributed by atoms with Gasteiger partial charge in [-0.2, -0.15) is 0 Å². The lowest BCUT2D eigenvalue weighted by molar-refractivity contribution is -0.140. The number of carbonyl (C=O) groups is 1. The van der Waals surface area contributed by atoms with E-state index in [1.807, 2.05) is 7.05 Å². The summed E-state index contributed by atoms with van der Waals surface area (Å²) in [5, 5.41) is 0. The Kier molecular flexibility index (Phi) is 4.98. The summed E-state index contributed by atoms with van der Waals surface area (Å²) in [6.07, 6.45) is 5.56. The second-order valence-electron chi connectivity index (χ2n) is 6.41. The minimum Gasteiger partial charge on any atom is -0.372 e. The average molecular weight is 302 g/mol. The summed E-state index contributed by atoms with van der Waals surface area (Å²) in [4.78, 5) is 16.5. The normalized spacial score (nSPS) is 21.9. The summed E-state index contributed by atoms with van der Waals surface area (Å²) in [6.45, 7) is 3.70. The maximum absolute atomic E-state index is 12.3. The lowest BCUT2D eigenvalue weighted by Gasteiger charge is -2.29. The number of piperidine rings is 1. The van der Waals surface area contributed by atoms with E-state index in [-0.39, 0.29) is 12.0 Å². The molecule has 2 aliphatic heterocycles. The Labute approximate surface area is 133 Å². The van der Waals surface area contributed by atoms with Crippen LogP contribution in [0.4, 0.5) is 5.69 Å². The van der Waals surface area contributed by atoms with E-state index in [0.717, 1.165) is 32.5 Å². The van der Waals surface area contributed by atoms with Crippen molar-refractivity contribution < 1.29 is 9.53 Å². The molecule has 2 aliphatic rings. The predicted molar refractivity (Wildman–Crippen MR) is 88.0 cm³/mol. The zero-order valence-electron chi connectivity index (χ0n) is 13.5. The number of ether oxygens (including phenoxy) is 1. The summed E-state index contributed by atoms with van der Waals surface area (Å²) in [6, 6.07) is 8.66. The standard InChI is InChI=1S/C18H26N2O2/c1-19(18(21)17-6-5-13-22-17)14-15-7-9-16(10-8-15)20-11-3-2-4-12-20/h7-10,17H,2-6,11-14H2,1H3. The molecular weight excluding hydrogens is 276 g/mol. The van der Waals surface area contributed by atoms with Crippen molar-refractivity contribution >= 4 is 11.6 Å². The largest absolute Gasteiger partial charge is 0.372 e. The number of carbonyl (C=O) groups excluding carboxylic acids is 1. The summed E-state index contributed by atoms with van der Waals surface area (Å²) in [5.74, 6) is 0.109. The first-order valence-electron chi connectivity index (χ1n) is 8.44. The second kappa shape index (κ2) is 7.14. The zero-order valence-corrected chi connectivity index (χ0v) is 13.5. The van der Waals surface area contributed by atoms with Crippen LogP contribution in [0.15, 0.2) is 24.3 Å². The van der Waals surface area contributed by atoms with E-state index >= 15 is 0 Å². The van der Waals surface area contributed by atoms with E-state index in [1.165, 1.54) is 30.5 Å². The second-order valence-corrected chi connectivity index (χ2v) is 6.41. The molecule has 1 atom stereocenters. The number of amides is 1. The van der Waals surface area contributed by atoms with Gasteiger partial charge in [-0.1, -0.05) is 12.1 Å². The highest BCUT2D eigenvalue weighted by Crippen LogP contribution is 2.21. The van der Waals surface area contributed by atoms with Crippen LogP contribution >= 0.6 is 0 Å². The Morgan fingerprint density at radius 1 is 1.18 bits per heavy atom. The molecule has 0 radical (unpaired) electrons. The van der Waals surface area contributed by atoms with Crippen LogP contribution in [0.5, 0.6) is 0 Å². The van der Waals surface area contributed by atoms with Crippen molar-refractivity contribution in [2.24, 2.45) is 0 Å². The molecule has 0 bridgehead atoms. The fraction of sp³-hybridized carbons (Fsp3) is 0.611. The number of hydrogen-bond acceptors (Lipinski definition) is 3. The van der Waals surface area contributed by atoms with Crippen LogP contribution in [0.1, 0.15) is 37.7 Å². The molecule has 4 heteroatoms. The van der Waals surface area contributed by atoms with Crippen LogP contribution < -0.4 is 4.90 Å². The number of rotatable bonds is 4. The minimum absolute atomic E-state index is 0.109. The minimum atomic E-state index is -0.224. The molecule has 0 spiro atoms. The molecule has 2 fully saturated rings. The topological polar surface area (TPSA) is 32.8 Å². The van der Waals surface area contributed by atoms with Crippen LogP contribution in [0.2, 0.25) is 0 Å². The molecule has 1 aromatic rings. The van der Waals surface area contributed by atoms with Gasteiger partial charge in [-0.25, -0.2) is 0 Å². The van der Waals surface area contributed by atoms with Gasteiger partial charge in [-0.15, -0.1) is 0 Å². The van der Waals surface area contributed by atoms with E-state index in [1.54, 1.807) is 4.90 Å². The average Bonchev–Trinajstić information content (AvgIpc) is 3.10. The highest BCUT2D eigenvalue weighted by molar-refractivity contribution is 5.80. The zero-order chi connectivity index (χ0) is 15.4. The van der Waals surface area contributed by atoms with Crippen molar-refractivity contribution in [3.05, 3.63) is 29.8 Å². The van der Waals surface area contributed by atoms with Gasteiger partial charge in [0.25, 0.3) is 5.91 Å². The molecule has 0 aromatic heterocycles. The van der Waals surface area contributed by atoms with Gasteiger partial charge in [0.15, 0.2) is 0 Å². The van der Waals surface area contributed by atoms with Crippen LogP contribution in [-0.2, 0) is 16.1 Å². The third-order valence-corrected chi connectivity index (χ3v) is 4.66. The molecule has 1 amide bonds. The summed E-state index contributed by atoms with van der Waals surface area (Å²) >= 11 is 0. The van der Waals surface area contributed by atoms with Crippen LogP contribution in [0.3, 0.4) is 0 Å². The monoisotopic (exact) mass is 302 g/mol. The molecule has 3 rings (SSSR count). The van der Waals surface area contributed by atoms with E-state index in [0.29, 0.717) is 6.54 Å². The summed E-state index contributed by atoms with van der Waals surface area (Å²) < 4.78 is 5.47. The Morgan fingerprint density at radius 2 is 1.91 bits per heavy atom. The third kappa shape index (κ3) is 3.61. The quantitative estimate of drug-likeness (QED) is 0.857. The number of nitrogens with zero attached hydrogens (tertiary/aromatic N) is 2. The molecule has 22 heavy (non-hydrogen) atoms. The molecule has 2 saturated heterocycles. The molecule has 4 nitrogen and oxygen atoms in total. The number of anilines is 1. The molecule has 0 aliphatic carbocycles. The first-order chi connectivity index (χ1) is 10.7. The van der Waals surface area contributed by atoms with Crippen molar-refractivity contribution in [3.8, 4) is 0 Å². The molecule has 2 heterocycles. The van der Waals surface area contributed by atoms with Crippen molar-refractivity contribution in [2.75, 3.05) is 31.6 Å². The van der Waals surface area contributed by atoms with Crippen LogP contribution in [0.25, 0.3) is 0 Å². The van der Waals surface area contributed by atoms with Crippen molar-refractivity contribution in [2.45, 2.75) is 44.8 Å². The Bertz CT molecular complexity index is 488. The van der Waals surface area contributed by atoms with Gasteiger partial charge >= 0.3 is 0 Å². The Balaban J connectivity index is 1.56. The smallest absolute Gasteiger partial charge is 0.251 e. The fourth-order valence-electron chi connectivity index (χ4n) is 3.33. The molecule has 0 N–H and O–H groups in total. The van der Waals surface area contributed by atoms with Gasteiger partial charge in [-0.05, 0) is 49.8 Å². The van der Waals surface area contributed by atoms with Gasteiger partial charge in [0.2, 0.25) is 0 Å². The van der Waals surface area contributed by atoms with Crippen molar-refractivity contribution in [1.82, 2.24) is 4.90 Å². The Morgan fingerprint density at radius 3 is 2.55 bits per heavy atom. The van der Waals surface area contributed by atoms with E-state index in [9.17, 15) is 4.79 Å². The predicted octanol–water partition coefficient (Wildman–Crippen LogP) is 2.81. The lowest BCUT2D eigenvalue weighted by atomic mass is 10.1. The number of hydrogen-bond donors (Lipinski definition) is 0. The SMILES string of the molecule is CN(Cc1ccc(N2CCCCC2)cc1)C(=O)C1CCCO1. The third-order valence-electron chi connectivity index (χ3n) is 4.66. The van der Waals surface area contributed by atoms with E-state index < -0.39 is 0 Å². The van der Waals surface area contributed by atoms with Gasteiger partial charge in [0.1, 0.15) is 6.10 Å². The maximum Gasteiger partial charge on any atom is 0.251 e. The first-order valence-corrected chi connectivity index (χ1v) is 8.44. The number of likely N-dealkylation sites (N-methyl/N-ethyl adjacent to an activating group) is 1.